The zero-order chi connectivity index (χ0) is 10.0. The van der Waals surface area contributed by atoms with Crippen molar-refractivity contribution in [3.63, 3.8) is 0 Å². The largest absolute Gasteiger partial charge is 0.497 e. The third-order valence-corrected chi connectivity index (χ3v) is 2.95. The molecule has 0 N–H and O–H groups in total. The van der Waals surface area contributed by atoms with Gasteiger partial charge >= 0.3 is 0 Å². The molecule has 0 aliphatic heterocycles. The Labute approximate surface area is 79.3 Å². The predicted octanol–water partition coefficient (Wildman–Crippen LogP) is 1.28. The number of hydrogen-bond donors (Lipinski definition) is 1. The van der Waals surface area contributed by atoms with Gasteiger partial charge in [-0.15, -0.1) is 0 Å². The van der Waals surface area contributed by atoms with E-state index in [2.05, 4.69) is 0 Å². The van der Waals surface area contributed by atoms with Gasteiger partial charge in [0, 0.05) is 0 Å². The lowest BCUT2D eigenvalue weighted by atomic mass is 10.1. The van der Waals surface area contributed by atoms with E-state index in [0.29, 0.717) is 10.6 Å². The van der Waals surface area contributed by atoms with Crippen molar-refractivity contribution in [2.75, 3.05) is 7.11 Å². The fraction of sp³-hybridized carbons (Fsp3) is 0.333. The molecule has 13 heavy (non-hydrogen) atoms. The molecule has 72 valence electrons. The summed E-state index contributed by atoms with van der Waals surface area (Å²) in [6, 6.07) is 3.43. The quantitative estimate of drug-likeness (QED) is 0.731. The van der Waals surface area contributed by atoms with E-state index < -0.39 is 10.7 Å². The minimum Gasteiger partial charge on any atom is -0.497 e. The van der Waals surface area contributed by atoms with Crippen LogP contribution in [0.2, 0.25) is 0 Å². The Morgan fingerprint density at radius 3 is 1.92 bits per heavy atom. The molecule has 1 rings (SSSR count). The molecule has 0 bridgehead atoms. The highest BCUT2D eigenvalue weighted by Gasteiger charge is 2.06. The molecular formula is C9H12O3S. The van der Waals surface area contributed by atoms with Gasteiger partial charge in [-0.1, -0.05) is 0 Å². The van der Waals surface area contributed by atoms with Crippen LogP contribution in [0, 0.1) is 13.8 Å². The average Bonchev–Trinajstić information content (AvgIpc) is 2.02. The maximum Gasteiger partial charge on any atom is 0.168 e. The number of thiol groups is 1. The van der Waals surface area contributed by atoms with Gasteiger partial charge in [-0.3, -0.25) is 0 Å². The first-order valence-corrected chi connectivity index (χ1v) is 5.03. The Morgan fingerprint density at radius 1 is 1.15 bits per heavy atom. The van der Waals surface area contributed by atoms with Gasteiger partial charge in [0.2, 0.25) is 0 Å². The van der Waals surface area contributed by atoms with Crippen LogP contribution in [0.4, 0.5) is 0 Å². The lowest BCUT2D eigenvalue weighted by Crippen LogP contribution is -1.93. The molecule has 3 nitrogen and oxygen atoms in total. The number of aryl methyl sites for hydroxylation is 2. The van der Waals surface area contributed by atoms with Crippen molar-refractivity contribution in [1.29, 1.82) is 0 Å². The predicted molar refractivity (Wildman–Crippen MR) is 51.0 cm³/mol. The summed E-state index contributed by atoms with van der Waals surface area (Å²) in [6.45, 7) is 3.52. The summed E-state index contributed by atoms with van der Waals surface area (Å²) in [7, 11) is -0.950. The summed E-state index contributed by atoms with van der Waals surface area (Å²) >= 11 is 0. The summed E-state index contributed by atoms with van der Waals surface area (Å²) in [5.74, 6) is 0.690. The minimum absolute atomic E-state index is 0.399. The normalized spacial score (nSPS) is 10.5. The number of methoxy groups -OCH3 is 1. The van der Waals surface area contributed by atoms with Gasteiger partial charge in [-0.05, 0) is 37.1 Å². The van der Waals surface area contributed by atoms with Crippen molar-refractivity contribution in [2.45, 2.75) is 18.7 Å². The van der Waals surface area contributed by atoms with Gasteiger partial charge in [-0.25, -0.2) is 8.42 Å². The molecule has 0 aromatic heterocycles. The second kappa shape index (κ2) is 3.79. The highest BCUT2D eigenvalue weighted by atomic mass is 32.2. The molecule has 0 aliphatic rings. The Balaban J connectivity index is 3.39. The number of hydrogen-bond acceptors (Lipinski definition) is 3. The fourth-order valence-corrected chi connectivity index (χ4v) is 2.03. The fourth-order valence-electron chi connectivity index (χ4n) is 1.32. The number of rotatable bonds is 2. The third kappa shape index (κ3) is 2.01. The van der Waals surface area contributed by atoms with Gasteiger partial charge < -0.3 is 4.74 Å². The van der Waals surface area contributed by atoms with Crippen molar-refractivity contribution in [2.24, 2.45) is 0 Å². The Kier molecular flexibility index (Phi) is 2.93. The Morgan fingerprint density at radius 2 is 1.62 bits per heavy atom. The van der Waals surface area contributed by atoms with E-state index in [-0.39, 0.29) is 0 Å². The highest BCUT2D eigenvalue weighted by molar-refractivity contribution is 7.72. The summed E-state index contributed by atoms with van der Waals surface area (Å²) in [5, 5.41) is 0. The minimum atomic E-state index is -2.51. The van der Waals surface area contributed by atoms with Crippen LogP contribution in [0.5, 0.6) is 5.75 Å². The van der Waals surface area contributed by atoms with Gasteiger partial charge in [0.25, 0.3) is 0 Å². The van der Waals surface area contributed by atoms with Crippen molar-refractivity contribution in [3.05, 3.63) is 23.3 Å². The second-order valence-corrected chi connectivity index (χ2v) is 3.83. The van der Waals surface area contributed by atoms with Gasteiger partial charge in [-0.2, -0.15) is 0 Å². The molecule has 0 saturated carbocycles. The standard InChI is InChI=1S/C9H12O3S/c1-6-4-8(12-3)5-7(2)9(6)13(10)11/h4-5,13H,1-3H3. The van der Waals surface area contributed by atoms with Crippen molar-refractivity contribution in [3.8, 4) is 5.75 Å². The van der Waals surface area contributed by atoms with Crippen LogP contribution in [-0.4, -0.2) is 15.5 Å². The second-order valence-electron chi connectivity index (χ2n) is 2.87. The van der Waals surface area contributed by atoms with Gasteiger partial charge in [0.05, 0.1) is 12.0 Å². The van der Waals surface area contributed by atoms with Crippen LogP contribution in [0.15, 0.2) is 17.0 Å². The van der Waals surface area contributed by atoms with E-state index in [4.69, 9.17) is 4.74 Å². The van der Waals surface area contributed by atoms with Crippen LogP contribution >= 0.6 is 0 Å². The van der Waals surface area contributed by atoms with Crippen molar-refractivity contribution < 1.29 is 13.2 Å². The van der Waals surface area contributed by atoms with Crippen LogP contribution < -0.4 is 4.74 Å². The molecule has 4 heteroatoms. The van der Waals surface area contributed by atoms with E-state index in [1.165, 1.54) is 0 Å². The Bertz CT molecular complexity index is 363. The lowest BCUT2D eigenvalue weighted by Gasteiger charge is -2.06. The molecule has 0 unspecified atom stereocenters. The Hall–Kier alpha value is -1.03. The van der Waals surface area contributed by atoms with E-state index >= 15 is 0 Å². The molecule has 0 heterocycles. The smallest absolute Gasteiger partial charge is 0.168 e. The zero-order valence-corrected chi connectivity index (χ0v) is 8.72. The topological polar surface area (TPSA) is 43.4 Å². The van der Waals surface area contributed by atoms with Crippen LogP contribution in [-0.2, 0) is 10.7 Å². The van der Waals surface area contributed by atoms with E-state index in [1.54, 1.807) is 33.1 Å². The van der Waals surface area contributed by atoms with Crippen LogP contribution in [0.1, 0.15) is 11.1 Å². The zero-order valence-electron chi connectivity index (χ0n) is 7.83. The first-order valence-electron chi connectivity index (χ1n) is 3.86. The third-order valence-electron chi connectivity index (χ3n) is 1.88. The molecular weight excluding hydrogens is 188 g/mol. The molecule has 0 radical (unpaired) electrons. The summed E-state index contributed by atoms with van der Waals surface area (Å²) in [5.41, 5.74) is 1.46. The molecule has 1 aromatic carbocycles. The van der Waals surface area contributed by atoms with Crippen molar-refractivity contribution in [1.82, 2.24) is 0 Å². The summed E-state index contributed by atoms with van der Waals surface area (Å²) in [6.07, 6.45) is 0. The van der Waals surface area contributed by atoms with Crippen molar-refractivity contribution >= 4 is 10.7 Å². The molecule has 0 fully saturated rings. The van der Waals surface area contributed by atoms with Gasteiger partial charge in [0.1, 0.15) is 5.75 Å². The van der Waals surface area contributed by atoms with E-state index in [0.717, 1.165) is 11.1 Å². The molecule has 0 atom stereocenters. The maximum absolute atomic E-state index is 10.8. The van der Waals surface area contributed by atoms with Crippen LogP contribution in [0.25, 0.3) is 0 Å². The number of benzene rings is 1. The lowest BCUT2D eigenvalue weighted by molar-refractivity contribution is 0.413. The summed E-state index contributed by atoms with van der Waals surface area (Å²) in [4.78, 5) is 0.399. The number of ether oxygens (including phenoxy) is 1. The van der Waals surface area contributed by atoms with E-state index in [9.17, 15) is 8.42 Å². The first-order chi connectivity index (χ1) is 6.06. The molecule has 0 aliphatic carbocycles. The van der Waals surface area contributed by atoms with E-state index in [1.807, 2.05) is 0 Å². The first kappa shape index (κ1) is 10.1. The summed E-state index contributed by atoms with van der Waals surface area (Å²) < 4.78 is 26.7. The molecule has 0 saturated heterocycles. The highest BCUT2D eigenvalue weighted by Crippen LogP contribution is 2.22. The van der Waals surface area contributed by atoms with Gasteiger partial charge in [0.15, 0.2) is 10.7 Å². The van der Waals surface area contributed by atoms with Crippen LogP contribution in [0.3, 0.4) is 0 Å². The SMILES string of the molecule is COc1cc(C)c([SH](=O)=O)c(C)c1. The monoisotopic (exact) mass is 200 g/mol. The average molecular weight is 200 g/mol. The molecule has 1 aromatic rings. The maximum atomic E-state index is 10.8. The molecule has 0 spiro atoms. The molecule has 0 amide bonds.